The fourth-order valence-corrected chi connectivity index (χ4v) is 4.01. The summed E-state index contributed by atoms with van der Waals surface area (Å²) < 4.78 is 27.6. The van der Waals surface area contributed by atoms with Crippen molar-refractivity contribution in [1.29, 1.82) is 0 Å². The minimum atomic E-state index is -3.69. The fourth-order valence-electron chi connectivity index (χ4n) is 2.34. The van der Waals surface area contributed by atoms with E-state index in [2.05, 4.69) is 10.0 Å². The Morgan fingerprint density at radius 3 is 2.23 bits per heavy atom. The lowest BCUT2D eigenvalue weighted by atomic mass is 10.1. The van der Waals surface area contributed by atoms with Crippen molar-refractivity contribution >= 4 is 38.6 Å². The minimum Gasteiger partial charge on any atom is -0.321 e. The molecule has 0 saturated carbocycles. The molecule has 0 fully saturated rings. The van der Waals surface area contributed by atoms with Crippen LogP contribution < -0.4 is 10.0 Å². The number of aryl methyl sites for hydroxylation is 2. The molecule has 26 heavy (non-hydrogen) atoms. The predicted molar refractivity (Wildman–Crippen MR) is 105 cm³/mol. The van der Waals surface area contributed by atoms with Gasteiger partial charge in [0.2, 0.25) is 0 Å². The molecule has 0 radical (unpaired) electrons. The summed E-state index contributed by atoms with van der Waals surface area (Å²) in [6.45, 7) is 3.90. The first-order valence-corrected chi connectivity index (χ1v) is 10.3. The van der Waals surface area contributed by atoms with Crippen LogP contribution in [0, 0.1) is 13.8 Å². The predicted octanol–water partition coefficient (Wildman–Crippen LogP) is 4.42. The summed E-state index contributed by atoms with van der Waals surface area (Å²) in [5.41, 5.74) is 3.16. The Labute approximate surface area is 156 Å². The molecule has 1 aromatic heterocycles. The van der Waals surface area contributed by atoms with E-state index in [-0.39, 0.29) is 10.8 Å². The van der Waals surface area contributed by atoms with Crippen molar-refractivity contribution in [1.82, 2.24) is 0 Å². The van der Waals surface area contributed by atoms with Crippen molar-refractivity contribution in [2.24, 2.45) is 0 Å². The summed E-state index contributed by atoms with van der Waals surface area (Å²) in [7, 11) is -3.69. The zero-order valence-electron chi connectivity index (χ0n) is 14.3. The Hall–Kier alpha value is -2.64. The number of hydrogen-bond acceptors (Lipinski definition) is 4. The smallest absolute Gasteiger partial charge is 0.265 e. The topological polar surface area (TPSA) is 75.3 Å². The van der Waals surface area contributed by atoms with Crippen molar-refractivity contribution in [3.8, 4) is 0 Å². The molecule has 7 heteroatoms. The zero-order valence-corrected chi connectivity index (χ0v) is 15.9. The third-order valence-corrected chi connectivity index (χ3v) is 6.19. The van der Waals surface area contributed by atoms with Crippen LogP contribution in [0.4, 0.5) is 11.4 Å². The first-order chi connectivity index (χ1) is 12.3. The average molecular weight is 386 g/mol. The van der Waals surface area contributed by atoms with E-state index in [4.69, 9.17) is 0 Å². The largest absolute Gasteiger partial charge is 0.321 e. The molecule has 0 aliphatic carbocycles. The maximum absolute atomic E-state index is 12.5. The van der Waals surface area contributed by atoms with E-state index in [1.807, 2.05) is 25.3 Å². The van der Waals surface area contributed by atoms with Gasteiger partial charge in [-0.1, -0.05) is 12.1 Å². The number of anilines is 2. The molecule has 0 aliphatic heterocycles. The van der Waals surface area contributed by atoms with Gasteiger partial charge in [0.25, 0.3) is 15.9 Å². The number of hydrogen-bond donors (Lipinski definition) is 2. The quantitative estimate of drug-likeness (QED) is 0.682. The Morgan fingerprint density at radius 1 is 0.923 bits per heavy atom. The molecule has 2 N–H and O–H groups in total. The first-order valence-electron chi connectivity index (χ1n) is 7.90. The number of carbonyl (C=O) groups excluding carboxylic acids is 1. The van der Waals surface area contributed by atoms with Crippen LogP contribution in [0.5, 0.6) is 0 Å². The van der Waals surface area contributed by atoms with Gasteiger partial charge in [0.05, 0.1) is 9.77 Å². The Bertz CT molecular complexity index is 1030. The second-order valence-corrected chi connectivity index (χ2v) is 8.49. The molecule has 0 unspecified atom stereocenters. The van der Waals surface area contributed by atoms with Gasteiger partial charge in [0, 0.05) is 11.4 Å². The molecule has 2 aromatic carbocycles. The molecule has 3 rings (SSSR count). The van der Waals surface area contributed by atoms with Gasteiger partial charge in [0.1, 0.15) is 0 Å². The monoisotopic (exact) mass is 386 g/mol. The number of benzene rings is 2. The normalized spacial score (nSPS) is 11.2. The molecule has 5 nitrogen and oxygen atoms in total. The van der Waals surface area contributed by atoms with Crippen LogP contribution in [-0.2, 0) is 10.0 Å². The third kappa shape index (κ3) is 4.12. The van der Waals surface area contributed by atoms with Gasteiger partial charge < -0.3 is 5.32 Å². The van der Waals surface area contributed by atoms with Crippen molar-refractivity contribution in [2.75, 3.05) is 10.0 Å². The lowest BCUT2D eigenvalue weighted by Crippen LogP contribution is -2.14. The van der Waals surface area contributed by atoms with E-state index in [0.717, 1.165) is 11.1 Å². The highest BCUT2D eigenvalue weighted by molar-refractivity contribution is 7.92. The van der Waals surface area contributed by atoms with Gasteiger partial charge in [0.15, 0.2) is 0 Å². The second kappa shape index (κ2) is 7.31. The van der Waals surface area contributed by atoms with Crippen molar-refractivity contribution in [2.45, 2.75) is 18.7 Å². The average Bonchev–Trinajstić information content (AvgIpc) is 3.13. The first kappa shape index (κ1) is 18.2. The van der Waals surface area contributed by atoms with Crippen LogP contribution in [0.3, 0.4) is 0 Å². The summed E-state index contributed by atoms with van der Waals surface area (Å²) in [6, 6.07) is 15.0. The Kier molecular flexibility index (Phi) is 5.11. The number of sulfonamides is 1. The lowest BCUT2D eigenvalue weighted by Gasteiger charge is -2.10. The molecule has 0 bridgehead atoms. The molecule has 0 saturated heterocycles. The maximum atomic E-state index is 12.5. The molecule has 0 spiro atoms. The number of rotatable bonds is 5. The van der Waals surface area contributed by atoms with E-state index in [9.17, 15) is 13.2 Å². The summed E-state index contributed by atoms with van der Waals surface area (Å²) in [5, 5.41) is 4.57. The standard InChI is InChI=1S/C19H18N2O3S2/c1-13-5-6-16(12-14(13)2)21-26(23,24)17-9-7-15(8-10-17)20-19(22)18-4-3-11-25-18/h3-12,21H,1-2H3,(H,20,22). The number of amides is 1. The minimum absolute atomic E-state index is 0.129. The fraction of sp³-hybridized carbons (Fsp3) is 0.105. The van der Waals surface area contributed by atoms with Gasteiger partial charge in [-0.3, -0.25) is 9.52 Å². The number of thiophene rings is 1. The Balaban J connectivity index is 1.74. The van der Waals surface area contributed by atoms with E-state index < -0.39 is 10.0 Å². The van der Waals surface area contributed by atoms with Crippen molar-refractivity contribution in [3.05, 3.63) is 76.0 Å². The van der Waals surface area contributed by atoms with Gasteiger partial charge in [-0.25, -0.2) is 8.42 Å². The zero-order chi connectivity index (χ0) is 18.7. The maximum Gasteiger partial charge on any atom is 0.265 e. The summed E-state index contributed by atoms with van der Waals surface area (Å²) in [4.78, 5) is 12.8. The molecule has 134 valence electrons. The second-order valence-electron chi connectivity index (χ2n) is 5.86. The highest BCUT2D eigenvalue weighted by Crippen LogP contribution is 2.21. The third-order valence-electron chi connectivity index (χ3n) is 3.93. The molecular formula is C19H18N2O3S2. The van der Waals surface area contributed by atoms with Crippen LogP contribution in [0.2, 0.25) is 0 Å². The van der Waals surface area contributed by atoms with Gasteiger partial charge in [-0.15, -0.1) is 11.3 Å². The van der Waals surface area contributed by atoms with Crippen LogP contribution in [-0.4, -0.2) is 14.3 Å². The lowest BCUT2D eigenvalue weighted by molar-refractivity contribution is 0.103. The molecule has 0 aliphatic rings. The van der Waals surface area contributed by atoms with Crippen LogP contribution in [0.25, 0.3) is 0 Å². The van der Waals surface area contributed by atoms with Gasteiger partial charge in [-0.2, -0.15) is 0 Å². The highest BCUT2D eigenvalue weighted by atomic mass is 32.2. The van der Waals surface area contributed by atoms with Crippen molar-refractivity contribution < 1.29 is 13.2 Å². The van der Waals surface area contributed by atoms with Gasteiger partial charge in [-0.05, 0) is 72.8 Å². The van der Waals surface area contributed by atoms with Crippen LogP contribution in [0.15, 0.2) is 64.9 Å². The molecule has 1 heterocycles. The molecule has 0 atom stereocenters. The van der Waals surface area contributed by atoms with E-state index in [1.165, 1.54) is 23.5 Å². The summed E-state index contributed by atoms with van der Waals surface area (Å²) in [5.74, 6) is -0.219. The Morgan fingerprint density at radius 2 is 1.62 bits per heavy atom. The molecule has 1 amide bonds. The van der Waals surface area contributed by atoms with Crippen LogP contribution >= 0.6 is 11.3 Å². The number of nitrogens with one attached hydrogen (secondary N) is 2. The number of carbonyl (C=O) groups is 1. The summed E-state index contributed by atoms with van der Waals surface area (Å²) in [6.07, 6.45) is 0. The summed E-state index contributed by atoms with van der Waals surface area (Å²) >= 11 is 1.34. The van der Waals surface area contributed by atoms with Crippen LogP contribution in [0.1, 0.15) is 20.8 Å². The van der Waals surface area contributed by atoms with E-state index >= 15 is 0 Å². The van der Waals surface area contributed by atoms with E-state index in [0.29, 0.717) is 16.3 Å². The molecule has 3 aromatic rings. The highest BCUT2D eigenvalue weighted by Gasteiger charge is 2.15. The van der Waals surface area contributed by atoms with Gasteiger partial charge >= 0.3 is 0 Å². The van der Waals surface area contributed by atoms with Crippen molar-refractivity contribution in [3.63, 3.8) is 0 Å². The SMILES string of the molecule is Cc1ccc(NS(=O)(=O)c2ccc(NC(=O)c3cccs3)cc2)cc1C. The van der Waals surface area contributed by atoms with E-state index in [1.54, 1.807) is 36.4 Å². The molecular weight excluding hydrogens is 368 g/mol.